The molecule has 0 spiro atoms. The second kappa shape index (κ2) is 2.69. The Balaban J connectivity index is 2.97. The van der Waals surface area contributed by atoms with Crippen LogP contribution in [0.15, 0.2) is 24.4 Å². The average molecular weight is 177 g/mol. The van der Waals surface area contributed by atoms with Crippen LogP contribution in [0.25, 0.3) is 10.9 Å². The van der Waals surface area contributed by atoms with Crippen molar-refractivity contribution in [1.82, 2.24) is 4.98 Å². The highest BCUT2D eigenvalue weighted by molar-refractivity contribution is 5.87. The minimum Gasteiger partial charge on any atom is -0.506 e. The molecule has 0 aliphatic rings. The fourth-order valence-corrected chi connectivity index (χ4v) is 1.34. The van der Waals surface area contributed by atoms with Gasteiger partial charge in [-0.1, -0.05) is 6.07 Å². The molecule has 3 heteroatoms. The largest absolute Gasteiger partial charge is 0.506 e. The second-order valence-corrected chi connectivity index (χ2v) is 2.90. The second-order valence-electron chi connectivity index (χ2n) is 2.90. The predicted molar refractivity (Wildman–Crippen MR) is 48.1 cm³/mol. The van der Waals surface area contributed by atoms with Crippen LogP contribution in [0.5, 0.6) is 5.75 Å². The first-order chi connectivity index (χ1) is 6.20. The van der Waals surface area contributed by atoms with Crippen LogP contribution in [0.2, 0.25) is 0 Å². The fourth-order valence-electron chi connectivity index (χ4n) is 1.34. The van der Waals surface area contributed by atoms with Crippen molar-refractivity contribution < 1.29 is 9.50 Å². The van der Waals surface area contributed by atoms with Gasteiger partial charge in [0.2, 0.25) is 0 Å². The van der Waals surface area contributed by atoms with Crippen LogP contribution in [-0.2, 0) is 0 Å². The molecule has 2 rings (SSSR count). The maximum atomic E-state index is 13.1. The molecule has 0 atom stereocenters. The van der Waals surface area contributed by atoms with Crippen molar-refractivity contribution >= 4 is 10.9 Å². The average Bonchev–Trinajstić information content (AvgIpc) is 2.15. The summed E-state index contributed by atoms with van der Waals surface area (Å²) in [6.07, 6.45) is 1.57. The topological polar surface area (TPSA) is 33.1 Å². The minimum atomic E-state index is -0.405. The molecule has 0 bridgehead atoms. The number of halogens is 1. The summed E-state index contributed by atoms with van der Waals surface area (Å²) in [5.41, 5.74) is 0.960. The van der Waals surface area contributed by atoms with Crippen molar-refractivity contribution in [1.29, 1.82) is 0 Å². The number of rotatable bonds is 0. The number of phenols is 1. The third kappa shape index (κ3) is 1.13. The van der Waals surface area contributed by atoms with Crippen molar-refractivity contribution in [3.05, 3.63) is 35.8 Å². The highest BCUT2D eigenvalue weighted by atomic mass is 19.1. The summed E-state index contributed by atoms with van der Waals surface area (Å²) >= 11 is 0. The molecule has 0 radical (unpaired) electrons. The number of pyridine rings is 1. The molecule has 1 aromatic carbocycles. The van der Waals surface area contributed by atoms with Gasteiger partial charge < -0.3 is 5.11 Å². The lowest BCUT2D eigenvalue weighted by atomic mass is 10.1. The molecule has 13 heavy (non-hydrogen) atoms. The monoisotopic (exact) mass is 177 g/mol. The van der Waals surface area contributed by atoms with E-state index in [0.717, 1.165) is 6.07 Å². The van der Waals surface area contributed by atoms with Gasteiger partial charge in [-0.25, -0.2) is 4.39 Å². The molecule has 0 aliphatic heterocycles. The van der Waals surface area contributed by atoms with Crippen LogP contribution in [0.4, 0.5) is 4.39 Å². The molecule has 0 aliphatic carbocycles. The lowest BCUT2D eigenvalue weighted by Gasteiger charge is -2.03. The van der Waals surface area contributed by atoms with Crippen LogP contribution < -0.4 is 0 Å². The number of hydrogen-bond acceptors (Lipinski definition) is 2. The van der Waals surface area contributed by atoms with Gasteiger partial charge in [0.15, 0.2) is 0 Å². The molecule has 0 saturated carbocycles. The van der Waals surface area contributed by atoms with E-state index in [0.29, 0.717) is 16.5 Å². The molecule has 1 N–H and O–H groups in total. The van der Waals surface area contributed by atoms with Crippen LogP contribution in [0, 0.1) is 12.7 Å². The quantitative estimate of drug-likeness (QED) is 0.670. The number of phenolic OH excluding ortho intramolecular Hbond substituents is 1. The number of benzene rings is 1. The molecule has 0 unspecified atom stereocenters. The van der Waals surface area contributed by atoms with Gasteiger partial charge in [0.25, 0.3) is 0 Å². The van der Waals surface area contributed by atoms with Gasteiger partial charge >= 0.3 is 0 Å². The molecule has 0 saturated heterocycles. The number of aromatic hydroxyl groups is 1. The van der Waals surface area contributed by atoms with E-state index < -0.39 is 5.82 Å². The lowest BCUT2D eigenvalue weighted by Crippen LogP contribution is -1.87. The van der Waals surface area contributed by atoms with E-state index in [2.05, 4.69) is 4.98 Å². The van der Waals surface area contributed by atoms with Crippen LogP contribution in [0.3, 0.4) is 0 Å². The Hall–Kier alpha value is -1.64. The standard InChI is InChI=1S/C10H8FNO/c1-6-7-3-2-4-12-10(7)9(13)5-8(6)11/h2-5,13H,1H3. The Labute approximate surface area is 74.7 Å². The SMILES string of the molecule is Cc1c(F)cc(O)c2ncccc12. The summed E-state index contributed by atoms with van der Waals surface area (Å²) in [5.74, 6) is -0.517. The summed E-state index contributed by atoms with van der Waals surface area (Å²) < 4.78 is 13.1. The van der Waals surface area contributed by atoms with Gasteiger partial charge in [-0.3, -0.25) is 4.98 Å². The number of aromatic nitrogens is 1. The Morgan fingerprint density at radius 2 is 2.23 bits per heavy atom. The summed E-state index contributed by atoms with van der Waals surface area (Å²) in [4.78, 5) is 3.97. The molecule has 2 nitrogen and oxygen atoms in total. The van der Waals surface area contributed by atoms with E-state index in [4.69, 9.17) is 0 Å². The number of nitrogens with zero attached hydrogens (tertiary/aromatic N) is 1. The molecule has 66 valence electrons. The van der Waals surface area contributed by atoms with Gasteiger partial charge in [-0.15, -0.1) is 0 Å². The zero-order valence-corrected chi connectivity index (χ0v) is 7.08. The van der Waals surface area contributed by atoms with Gasteiger partial charge in [-0.2, -0.15) is 0 Å². The van der Waals surface area contributed by atoms with Crippen molar-refractivity contribution in [2.45, 2.75) is 6.92 Å². The first-order valence-corrected chi connectivity index (χ1v) is 3.93. The highest BCUT2D eigenvalue weighted by Gasteiger charge is 2.07. The smallest absolute Gasteiger partial charge is 0.144 e. The molecule has 0 amide bonds. The van der Waals surface area contributed by atoms with Gasteiger partial charge in [-0.05, 0) is 18.6 Å². The molecule has 2 aromatic rings. The maximum Gasteiger partial charge on any atom is 0.144 e. The van der Waals surface area contributed by atoms with E-state index in [1.165, 1.54) is 0 Å². The lowest BCUT2D eigenvalue weighted by molar-refractivity contribution is 0.474. The molecule has 1 heterocycles. The van der Waals surface area contributed by atoms with Gasteiger partial charge in [0.05, 0.1) is 0 Å². The Bertz CT molecular complexity index is 468. The predicted octanol–water partition coefficient (Wildman–Crippen LogP) is 2.39. The summed E-state index contributed by atoms with van der Waals surface area (Å²) in [7, 11) is 0. The van der Waals surface area contributed by atoms with Crippen molar-refractivity contribution in [2.75, 3.05) is 0 Å². The molecule has 1 aromatic heterocycles. The van der Waals surface area contributed by atoms with Crippen LogP contribution in [0.1, 0.15) is 5.56 Å². The van der Waals surface area contributed by atoms with E-state index in [-0.39, 0.29) is 5.75 Å². The van der Waals surface area contributed by atoms with Crippen molar-refractivity contribution in [3.8, 4) is 5.75 Å². The minimum absolute atomic E-state index is 0.112. The Kier molecular flexibility index (Phi) is 1.65. The normalized spacial score (nSPS) is 10.6. The first-order valence-electron chi connectivity index (χ1n) is 3.93. The molecule has 0 fully saturated rings. The number of aryl methyl sites for hydroxylation is 1. The first kappa shape index (κ1) is 7.98. The van der Waals surface area contributed by atoms with Crippen LogP contribution in [-0.4, -0.2) is 10.1 Å². The summed E-state index contributed by atoms with van der Waals surface area (Å²) in [6.45, 7) is 1.67. The van der Waals surface area contributed by atoms with Gasteiger partial charge in [0.1, 0.15) is 17.1 Å². The van der Waals surface area contributed by atoms with Crippen molar-refractivity contribution in [3.63, 3.8) is 0 Å². The highest BCUT2D eigenvalue weighted by Crippen LogP contribution is 2.27. The van der Waals surface area contributed by atoms with E-state index in [1.807, 2.05) is 0 Å². The van der Waals surface area contributed by atoms with E-state index >= 15 is 0 Å². The Morgan fingerprint density at radius 3 is 3.00 bits per heavy atom. The molecular formula is C10H8FNO. The fraction of sp³-hybridized carbons (Fsp3) is 0.100. The summed E-state index contributed by atoms with van der Waals surface area (Å²) in [5, 5.41) is 10.0. The summed E-state index contributed by atoms with van der Waals surface area (Å²) in [6, 6.07) is 4.54. The zero-order chi connectivity index (χ0) is 9.42. The Morgan fingerprint density at radius 1 is 1.46 bits per heavy atom. The number of fused-ring (bicyclic) bond motifs is 1. The zero-order valence-electron chi connectivity index (χ0n) is 7.08. The maximum absolute atomic E-state index is 13.1. The van der Waals surface area contributed by atoms with Crippen LogP contribution >= 0.6 is 0 Å². The van der Waals surface area contributed by atoms with E-state index in [1.54, 1.807) is 25.3 Å². The third-order valence-electron chi connectivity index (χ3n) is 2.08. The molecular weight excluding hydrogens is 169 g/mol. The van der Waals surface area contributed by atoms with Gasteiger partial charge in [0, 0.05) is 17.6 Å². The number of hydrogen-bond donors (Lipinski definition) is 1. The van der Waals surface area contributed by atoms with Crippen molar-refractivity contribution in [2.24, 2.45) is 0 Å². The van der Waals surface area contributed by atoms with E-state index in [9.17, 15) is 9.50 Å². The third-order valence-corrected chi connectivity index (χ3v) is 2.08.